The molecule has 2 atom stereocenters. The van der Waals surface area contributed by atoms with E-state index < -0.39 is 0 Å². The highest BCUT2D eigenvalue weighted by molar-refractivity contribution is 5.79. The van der Waals surface area contributed by atoms with Crippen LogP contribution in [0.5, 0.6) is 0 Å². The third kappa shape index (κ3) is 5.88. The molecule has 1 aliphatic carbocycles. The molecule has 23 heavy (non-hydrogen) atoms. The average molecular weight is 319 g/mol. The molecule has 5 nitrogen and oxygen atoms in total. The number of aliphatic imine (C=N–C) groups is 1. The molecule has 0 spiro atoms. The topological polar surface area (TPSA) is 54.2 Å². The minimum atomic E-state index is 0.563. The van der Waals surface area contributed by atoms with Gasteiger partial charge in [-0.05, 0) is 50.9 Å². The Balaban J connectivity index is 1.64. The molecule has 0 radical (unpaired) electrons. The van der Waals surface area contributed by atoms with E-state index in [1.54, 1.807) is 0 Å². The van der Waals surface area contributed by atoms with Crippen LogP contribution < -0.4 is 10.6 Å². The summed E-state index contributed by atoms with van der Waals surface area (Å²) in [6, 6.07) is 0.563. The molecule has 0 saturated heterocycles. The lowest BCUT2D eigenvalue weighted by Crippen LogP contribution is -2.46. The zero-order chi connectivity index (χ0) is 16.7. The summed E-state index contributed by atoms with van der Waals surface area (Å²) < 4.78 is 2.21. The van der Waals surface area contributed by atoms with Gasteiger partial charge < -0.3 is 15.2 Å². The highest BCUT2D eigenvalue weighted by Gasteiger charge is 2.24. The van der Waals surface area contributed by atoms with Crippen LogP contribution in [0.25, 0.3) is 0 Å². The highest BCUT2D eigenvalue weighted by Crippen LogP contribution is 2.28. The Bertz CT molecular complexity index is 483. The Morgan fingerprint density at radius 1 is 1.26 bits per heavy atom. The molecular formula is C18H33N5. The molecule has 1 aliphatic rings. The van der Waals surface area contributed by atoms with Gasteiger partial charge in [-0.25, -0.2) is 4.98 Å². The molecule has 2 rings (SSSR count). The van der Waals surface area contributed by atoms with Crippen LogP contribution in [-0.4, -0.2) is 35.1 Å². The molecule has 130 valence electrons. The number of hydrogen-bond donors (Lipinski definition) is 2. The second-order valence-electron chi connectivity index (χ2n) is 7.13. The summed E-state index contributed by atoms with van der Waals surface area (Å²) in [6.07, 6.45) is 10.1. The smallest absolute Gasteiger partial charge is 0.191 e. The summed E-state index contributed by atoms with van der Waals surface area (Å²) in [7, 11) is 1.86. The van der Waals surface area contributed by atoms with Gasteiger partial charge in [-0.1, -0.05) is 13.8 Å². The normalized spacial score (nSPS) is 25.4. The van der Waals surface area contributed by atoms with Crippen LogP contribution in [0.4, 0.5) is 0 Å². The van der Waals surface area contributed by atoms with Crippen molar-refractivity contribution in [2.75, 3.05) is 13.6 Å². The van der Waals surface area contributed by atoms with E-state index >= 15 is 0 Å². The monoisotopic (exact) mass is 319 g/mol. The van der Waals surface area contributed by atoms with Crippen LogP contribution in [0.1, 0.15) is 51.8 Å². The molecule has 2 unspecified atom stereocenters. The highest BCUT2D eigenvalue weighted by atomic mass is 15.2. The van der Waals surface area contributed by atoms with E-state index in [2.05, 4.69) is 52.1 Å². The first-order chi connectivity index (χ1) is 11.1. The predicted molar refractivity (Wildman–Crippen MR) is 96.7 cm³/mol. The van der Waals surface area contributed by atoms with Crippen molar-refractivity contribution in [3.05, 3.63) is 18.2 Å². The molecule has 5 heteroatoms. The molecular weight excluding hydrogens is 286 g/mol. The van der Waals surface area contributed by atoms with Crippen molar-refractivity contribution in [3.8, 4) is 0 Å². The number of nitrogens with zero attached hydrogens (tertiary/aromatic N) is 3. The molecule has 1 aromatic heterocycles. The number of nitrogens with one attached hydrogen (secondary N) is 2. The van der Waals surface area contributed by atoms with Gasteiger partial charge in [0.05, 0.1) is 0 Å². The summed E-state index contributed by atoms with van der Waals surface area (Å²) in [4.78, 5) is 8.63. The Morgan fingerprint density at radius 3 is 2.61 bits per heavy atom. The SMILES string of the molecule is CN=C(NCCCCn1ccnc1C)NC1CC(C)CC(C)C1. The first-order valence-electron chi connectivity index (χ1n) is 9.03. The first kappa shape index (κ1) is 17.8. The van der Waals surface area contributed by atoms with Crippen LogP contribution in [0.15, 0.2) is 17.4 Å². The second kappa shape index (κ2) is 8.94. The summed E-state index contributed by atoms with van der Waals surface area (Å²) in [6.45, 7) is 8.77. The third-order valence-electron chi connectivity index (χ3n) is 4.78. The predicted octanol–water partition coefficient (Wildman–Crippen LogP) is 2.96. The van der Waals surface area contributed by atoms with E-state index in [9.17, 15) is 0 Å². The van der Waals surface area contributed by atoms with Crippen molar-refractivity contribution < 1.29 is 0 Å². The van der Waals surface area contributed by atoms with Crippen molar-refractivity contribution in [2.24, 2.45) is 16.8 Å². The first-order valence-corrected chi connectivity index (χ1v) is 9.03. The Kier molecular flexibility index (Phi) is 6.93. The van der Waals surface area contributed by atoms with Gasteiger partial charge in [-0.2, -0.15) is 0 Å². The van der Waals surface area contributed by atoms with Crippen molar-refractivity contribution in [2.45, 2.75) is 65.5 Å². The fourth-order valence-corrected chi connectivity index (χ4v) is 3.71. The maximum atomic E-state index is 4.37. The van der Waals surface area contributed by atoms with Gasteiger partial charge in [0.2, 0.25) is 0 Å². The van der Waals surface area contributed by atoms with Gasteiger partial charge in [-0.3, -0.25) is 4.99 Å². The molecule has 1 heterocycles. The van der Waals surface area contributed by atoms with E-state index in [-0.39, 0.29) is 0 Å². The maximum absolute atomic E-state index is 4.37. The van der Waals surface area contributed by atoms with Crippen LogP contribution >= 0.6 is 0 Å². The number of guanidine groups is 1. The minimum absolute atomic E-state index is 0.563. The zero-order valence-electron chi connectivity index (χ0n) is 15.2. The summed E-state index contributed by atoms with van der Waals surface area (Å²) >= 11 is 0. The van der Waals surface area contributed by atoms with Gasteiger partial charge >= 0.3 is 0 Å². The number of aryl methyl sites for hydroxylation is 2. The number of imidazole rings is 1. The van der Waals surface area contributed by atoms with Crippen molar-refractivity contribution in [1.29, 1.82) is 0 Å². The summed E-state index contributed by atoms with van der Waals surface area (Å²) in [5.74, 6) is 3.67. The number of aromatic nitrogens is 2. The number of rotatable bonds is 6. The molecule has 0 bridgehead atoms. The average Bonchev–Trinajstić information content (AvgIpc) is 2.90. The van der Waals surface area contributed by atoms with Gasteiger partial charge in [-0.15, -0.1) is 0 Å². The van der Waals surface area contributed by atoms with Crippen LogP contribution in [-0.2, 0) is 6.54 Å². The van der Waals surface area contributed by atoms with Gasteiger partial charge in [0, 0.05) is 38.6 Å². The molecule has 0 aliphatic heterocycles. The fourth-order valence-electron chi connectivity index (χ4n) is 3.71. The van der Waals surface area contributed by atoms with Crippen molar-refractivity contribution >= 4 is 5.96 Å². The quantitative estimate of drug-likeness (QED) is 0.481. The summed E-state index contributed by atoms with van der Waals surface area (Å²) in [5, 5.41) is 7.06. The standard InChI is InChI=1S/C18H33N5/c1-14-11-15(2)13-17(12-14)22-18(19-4)21-7-5-6-9-23-10-8-20-16(23)3/h8,10,14-15,17H,5-7,9,11-13H2,1-4H3,(H2,19,21,22). The molecule has 1 saturated carbocycles. The van der Waals surface area contributed by atoms with E-state index in [1.165, 1.54) is 19.3 Å². The summed E-state index contributed by atoms with van der Waals surface area (Å²) in [5.41, 5.74) is 0. The fraction of sp³-hybridized carbons (Fsp3) is 0.778. The maximum Gasteiger partial charge on any atom is 0.191 e. The number of hydrogen-bond acceptors (Lipinski definition) is 2. The van der Waals surface area contributed by atoms with Gasteiger partial charge in [0.15, 0.2) is 5.96 Å². The Morgan fingerprint density at radius 2 is 2.00 bits per heavy atom. The second-order valence-corrected chi connectivity index (χ2v) is 7.13. The van der Waals surface area contributed by atoms with Crippen LogP contribution in [0.2, 0.25) is 0 Å². The van der Waals surface area contributed by atoms with E-state index in [1.807, 2.05) is 13.2 Å². The molecule has 0 aromatic carbocycles. The van der Waals surface area contributed by atoms with Crippen molar-refractivity contribution in [3.63, 3.8) is 0 Å². The lowest BCUT2D eigenvalue weighted by atomic mass is 9.80. The lowest BCUT2D eigenvalue weighted by molar-refractivity contribution is 0.255. The molecule has 1 fully saturated rings. The van der Waals surface area contributed by atoms with E-state index in [0.29, 0.717) is 6.04 Å². The minimum Gasteiger partial charge on any atom is -0.356 e. The van der Waals surface area contributed by atoms with Crippen LogP contribution in [0.3, 0.4) is 0 Å². The largest absolute Gasteiger partial charge is 0.356 e. The molecule has 0 amide bonds. The van der Waals surface area contributed by atoms with Crippen LogP contribution in [0, 0.1) is 18.8 Å². The van der Waals surface area contributed by atoms with Gasteiger partial charge in [0.25, 0.3) is 0 Å². The Labute approximate surface area is 141 Å². The van der Waals surface area contributed by atoms with E-state index in [4.69, 9.17) is 0 Å². The van der Waals surface area contributed by atoms with Gasteiger partial charge in [0.1, 0.15) is 5.82 Å². The van der Waals surface area contributed by atoms with E-state index in [0.717, 1.165) is 49.6 Å². The zero-order valence-corrected chi connectivity index (χ0v) is 15.2. The third-order valence-corrected chi connectivity index (χ3v) is 4.78. The molecule has 2 N–H and O–H groups in total. The van der Waals surface area contributed by atoms with Crippen molar-refractivity contribution in [1.82, 2.24) is 20.2 Å². The Hall–Kier alpha value is -1.52. The lowest BCUT2D eigenvalue weighted by Gasteiger charge is -2.32. The number of unbranched alkanes of at least 4 members (excludes halogenated alkanes) is 1. The molecule has 1 aromatic rings.